The molecule has 0 atom stereocenters. The van der Waals surface area contributed by atoms with E-state index in [-0.39, 0.29) is 0 Å². The first-order valence-corrected chi connectivity index (χ1v) is 4.29. The molecule has 1 aliphatic carbocycles. The Labute approximate surface area is 62.6 Å². The molecule has 0 amide bonds. The van der Waals surface area contributed by atoms with Crippen LogP contribution in [-0.2, 0) is 0 Å². The molecule has 2 heteroatoms. The van der Waals surface area contributed by atoms with E-state index in [1.54, 1.807) is 0 Å². The monoisotopic (exact) mass is 140 g/mol. The number of rotatable bonds is 3. The van der Waals surface area contributed by atoms with Gasteiger partial charge in [-0.25, -0.2) is 0 Å². The molecule has 3 fully saturated rings. The van der Waals surface area contributed by atoms with Crippen LogP contribution in [0.5, 0.6) is 0 Å². The second kappa shape index (κ2) is 2.51. The van der Waals surface area contributed by atoms with Gasteiger partial charge in [-0.15, -0.1) is 0 Å². The molecule has 3 rings (SSSR count). The standard InChI is InChI=1S/C8H16N2/c1-9-2-3-10-6-7-4-8(10)5-7/h7-9H,2-6H2,1H3. The molecule has 10 heavy (non-hydrogen) atoms. The van der Waals surface area contributed by atoms with Crippen molar-refractivity contribution in [3.05, 3.63) is 0 Å². The van der Waals surface area contributed by atoms with Gasteiger partial charge in [0.2, 0.25) is 0 Å². The van der Waals surface area contributed by atoms with Crippen molar-refractivity contribution in [2.75, 3.05) is 26.7 Å². The Morgan fingerprint density at radius 1 is 1.50 bits per heavy atom. The molecule has 0 aromatic heterocycles. The second-order valence-corrected chi connectivity index (χ2v) is 3.59. The Morgan fingerprint density at radius 2 is 2.30 bits per heavy atom. The lowest BCUT2D eigenvalue weighted by Crippen LogP contribution is -2.33. The van der Waals surface area contributed by atoms with Gasteiger partial charge in [0, 0.05) is 25.7 Å². The maximum atomic E-state index is 3.19. The molecule has 0 radical (unpaired) electrons. The van der Waals surface area contributed by atoms with E-state index in [2.05, 4.69) is 10.2 Å². The van der Waals surface area contributed by atoms with Crippen LogP contribution < -0.4 is 5.32 Å². The van der Waals surface area contributed by atoms with Crippen LogP contribution in [0.4, 0.5) is 0 Å². The third kappa shape index (κ3) is 0.956. The van der Waals surface area contributed by atoms with Crippen molar-refractivity contribution in [2.45, 2.75) is 18.9 Å². The highest BCUT2D eigenvalue weighted by Gasteiger charge is 2.41. The zero-order valence-corrected chi connectivity index (χ0v) is 6.64. The van der Waals surface area contributed by atoms with E-state index < -0.39 is 0 Å². The Kier molecular flexibility index (Phi) is 1.66. The fourth-order valence-electron chi connectivity index (χ4n) is 2.16. The van der Waals surface area contributed by atoms with E-state index in [1.807, 2.05) is 7.05 Å². The van der Waals surface area contributed by atoms with Crippen molar-refractivity contribution >= 4 is 0 Å². The zero-order chi connectivity index (χ0) is 6.97. The lowest BCUT2D eigenvalue weighted by molar-refractivity contribution is 0.248. The third-order valence-corrected chi connectivity index (χ3v) is 2.87. The Hall–Kier alpha value is -0.0800. The number of nitrogens with one attached hydrogen (secondary N) is 1. The normalized spacial score (nSPS) is 38.1. The molecule has 1 N–H and O–H groups in total. The van der Waals surface area contributed by atoms with Gasteiger partial charge in [-0.3, -0.25) is 4.90 Å². The van der Waals surface area contributed by atoms with Gasteiger partial charge in [-0.1, -0.05) is 0 Å². The molecule has 2 aliphatic heterocycles. The average Bonchev–Trinajstić information content (AvgIpc) is 2.37. The molecule has 2 nitrogen and oxygen atoms in total. The SMILES string of the molecule is CNCCN1CC2CC1C2. The summed E-state index contributed by atoms with van der Waals surface area (Å²) in [7, 11) is 2.03. The van der Waals surface area contributed by atoms with Gasteiger partial charge in [0.25, 0.3) is 0 Å². The topological polar surface area (TPSA) is 15.3 Å². The van der Waals surface area contributed by atoms with Crippen molar-refractivity contribution < 1.29 is 0 Å². The molecule has 2 saturated heterocycles. The van der Waals surface area contributed by atoms with Crippen molar-refractivity contribution in [1.82, 2.24) is 10.2 Å². The van der Waals surface area contributed by atoms with Crippen LogP contribution in [-0.4, -0.2) is 37.6 Å². The first kappa shape index (κ1) is 6.62. The summed E-state index contributed by atoms with van der Waals surface area (Å²) in [5.41, 5.74) is 0. The first-order chi connectivity index (χ1) is 4.90. The number of hydrogen-bond acceptors (Lipinski definition) is 2. The zero-order valence-electron chi connectivity index (χ0n) is 6.64. The van der Waals surface area contributed by atoms with E-state index in [1.165, 1.54) is 25.9 Å². The summed E-state index contributed by atoms with van der Waals surface area (Å²) in [6.45, 7) is 3.80. The quantitative estimate of drug-likeness (QED) is 0.606. The highest BCUT2D eigenvalue weighted by molar-refractivity contribution is 4.96. The summed E-state index contributed by atoms with van der Waals surface area (Å²) in [5.74, 6) is 1.07. The van der Waals surface area contributed by atoms with Crippen molar-refractivity contribution in [2.24, 2.45) is 5.92 Å². The molecule has 0 unspecified atom stereocenters. The van der Waals surface area contributed by atoms with E-state index in [0.717, 1.165) is 18.5 Å². The number of fused-ring (bicyclic) bond motifs is 1. The predicted molar refractivity (Wildman–Crippen MR) is 42.0 cm³/mol. The molecule has 1 saturated carbocycles. The summed E-state index contributed by atoms with van der Waals surface area (Å²) in [6, 6.07) is 0.971. The van der Waals surface area contributed by atoms with Gasteiger partial charge in [-0.2, -0.15) is 0 Å². The number of hydrogen-bond donors (Lipinski definition) is 1. The minimum absolute atomic E-state index is 0.971. The molecular weight excluding hydrogens is 124 g/mol. The Balaban J connectivity index is 1.74. The fourth-order valence-corrected chi connectivity index (χ4v) is 2.16. The minimum Gasteiger partial charge on any atom is -0.318 e. The lowest BCUT2D eigenvalue weighted by Gasteiger charge is -2.25. The predicted octanol–water partition coefficient (Wildman–Crippen LogP) is 0.300. The maximum Gasteiger partial charge on any atom is 0.0110 e. The van der Waals surface area contributed by atoms with Crippen molar-refractivity contribution in [3.8, 4) is 0 Å². The number of nitrogens with zero attached hydrogens (tertiary/aromatic N) is 1. The second-order valence-electron chi connectivity index (χ2n) is 3.59. The number of likely N-dealkylation sites (N-methyl/N-ethyl adjacent to an activating group) is 1. The summed E-state index contributed by atoms with van der Waals surface area (Å²) in [4.78, 5) is 2.63. The molecule has 2 heterocycles. The third-order valence-electron chi connectivity index (χ3n) is 2.87. The minimum atomic E-state index is 0.971. The van der Waals surface area contributed by atoms with Gasteiger partial charge < -0.3 is 5.32 Å². The van der Waals surface area contributed by atoms with E-state index >= 15 is 0 Å². The molecule has 3 aliphatic rings. The van der Waals surface area contributed by atoms with E-state index in [9.17, 15) is 0 Å². The maximum absolute atomic E-state index is 3.19. The highest BCUT2D eigenvalue weighted by Crippen LogP contribution is 2.39. The van der Waals surface area contributed by atoms with Crippen LogP contribution in [0.1, 0.15) is 12.8 Å². The molecule has 0 aromatic carbocycles. The van der Waals surface area contributed by atoms with Crippen molar-refractivity contribution in [1.29, 1.82) is 0 Å². The molecular formula is C8H16N2. The largest absolute Gasteiger partial charge is 0.318 e. The summed E-state index contributed by atoms with van der Waals surface area (Å²) in [5, 5.41) is 3.19. The van der Waals surface area contributed by atoms with Crippen LogP contribution >= 0.6 is 0 Å². The van der Waals surface area contributed by atoms with Crippen LogP contribution in [0.15, 0.2) is 0 Å². The molecule has 58 valence electrons. The Morgan fingerprint density at radius 3 is 2.80 bits per heavy atom. The summed E-state index contributed by atoms with van der Waals surface area (Å²) in [6.07, 6.45) is 2.98. The van der Waals surface area contributed by atoms with Gasteiger partial charge in [-0.05, 0) is 25.8 Å². The van der Waals surface area contributed by atoms with E-state index in [4.69, 9.17) is 0 Å². The molecule has 0 aromatic rings. The molecule has 0 spiro atoms. The lowest BCUT2D eigenvalue weighted by atomic mass is 9.86. The van der Waals surface area contributed by atoms with Gasteiger partial charge in [0.15, 0.2) is 0 Å². The van der Waals surface area contributed by atoms with Crippen LogP contribution in [0.25, 0.3) is 0 Å². The Bertz CT molecular complexity index is 118. The summed E-state index contributed by atoms with van der Waals surface area (Å²) < 4.78 is 0. The molecule has 2 bridgehead atoms. The van der Waals surface area contributed by atoms with Gasteiger partial charge >= 0.3 is 0 Å². The van der Waals surface area contributed by atoms with Crippen LogP contribution in [0.3, 0.4) is 0 Å². The van der Waals surface area contributed by atoms with E-state index in [0.29, 0.717) is 0 Å². The first-order valence-electron chi connectivity index (χ1n) is 4.29. The van der Waals surface area contributed by atoms with Crippen LogP contribution in [0.2, 0.25) is 0 Å². The fraction of sp³-hybridized carbons (Fsp3) is 1.00. The average molecular weight is 140 g/mol. The van der Waals surface area contributed by atoms with Crippen LogP contribution in [0, 0.1) is 5.92 Å². The highest BCUT2D eigenvalue weighted by atomic mass is 15.2. The van der Waals surface area contributed by atoms with Gasteiger partial charge in [0.05, 0.1) is 0 Å². The van der Waals surface area contributed by atoms with Crippen molar-refractivity contribution in [3.63, 3.8) is 0 Å². The van der Waals surface area contributed by atoms with Gasteiger partial charge in [0.1, 0.15) is 0 Å². The summed E-state index contributed by atoms with van der Waals surface area (Å²) >= 11 is 0. The smallest absolute Gasteiger partial charge is 0.0110 e.